The van der Waals surface area contributed by atoms with Crippen LogP contribution in [-0.4, -0.2) is 38.3 Å². The Kier molecular flexibility index (Phi) is 8.49. The number of hydrogen-bond acceptors (Lipinski definition) is 3. The fourth-order valence-electron chi connectivity index (χ4n) is 3.19. The van der Waals surface area contributed by atoms with Crippen LogP contribution < -0.4 is 9.47 Å². The van der Waals surface area contributed by atoms with E-state index in [1.54, 1.807) is 7.11 Å². The Hall–Kier alpha value is -2.00. The topological polar surface area (TPSA) is 21.7 Å². The van der Waals surface area contributed by atoms with Crippen molar-refractivity contribution in [1.29, 1.82) is 0 Å². The lowest BCUT2D eigenvalue weighted by atomic mass is 9.94. The van der Waals surface area contributed by atoms with Gasteiger partial charge in [0.2, 0.25) is 0 Å². The van der Waals surface area contributed by atoms with Crippen LogP contribution in [0.3, 0.4) is 0 Å². The first-order valence-electron chi connectivity index (χ1n) is 9.71. The number of methoxy groups -OCH3 is 1. The zero-order chi connectivity index (χ0) is 18.8. The number of hydrogen-bond donors (Lipinski definition) is 0. The second-order valence-corrected chi connectivity index (χ2v) is 6.88. The molecule has 0 bridgehead atoms. The molecular weight excluding hydrogens is 322 g/mol. The van der Waals surface area contributed by atoms with E-state index < -0.39 is 0 Å². The van der Waals surface area contributed by atoms with Crippen LogP contribution in [0.5, 0.6) is 11.5 Å². The summed E-state index contributed by atoms with van der Waals surface area (Å²) in [4.78, 5) is 2.37. The number of nitrogens with zero attached hydrogens (tertiary/aromatic N) is 1. The highest BCUT2D eigenvalue weighted by molar-refractivity contribution is 5.29. The standard InChI is InChI=1S/C23H33NO2/c1-5-24(6-2)15-16-26-23-13-9-21(10-14-23)18-19(3)17-20-7-11-22(25-4)12-8-20/h7-14,19H,5-6,15-18H2,1-4H3/t19-/m0/s1. The Labute approximate surface area is 158 Å². The molecule has 3 heteroatoms. The maximum atomic E-state index is 5.86. The average Bonchev–Trinajstić information content (AvgIpc) is 2.67. The summed E-state index contributed by atoms with van der Waals surface area (Å²) < 4.78 is 11.1. The predicted molar refractivity (Wildman–Crippen MR) is 109 cm³/mol. The zero-order valence-corrected chi connectivity index (χ0v) is 16.7. The van der Waals surface area contributed by atoms with Gasteiger partial charge in [0.05, 0.1) is 7.11 Å². The van der Waals surface area contributed by atoms with Gasteiger partial charge in [0, 0.05) is 6.54 Å². The molecule has 1 atom stereocenters. The van der Waals surface area contributed by atoms with Crippen molar-refractivity contribution < 1.29 is 9.47 Å². The molecular formula is C23H33NO2. The monoisotopic (exact) mass is 355 g/mol. The molecule has 0 N–H and O–H groups in total. The van der Waals surface area contributed by atoms with Gasteiger partial charge in [0.25, 0.3) is 0 Å². The minimum Gasteiger partial charge on any atom is -0.497 e. The molecule has 2 aromatic carbocycles. The van der Waals surface area contributed by atoms with Crippen LogP contribution in [0.15, 0.2) is 48.5 Å². The van der Waals surface area contributed by atoms with Crippen molar-refractivity contribution in [2.75, 3.05) is 33.4 Å². The summed E-state index contributed by atoms with van der Waals surface area (Å²) in [6.45, 7) is 10.5. The second kappa shape index (κ2) is 10.9. The van der Waals surface area contributed by atoms with E-state index in [0.717, 1.165) is 50.6 Å². The Balaban J connectivity index is 1.78. The quantitative estimate of drug-likeness (QED) is 0.576. The SMILES string of the molecule is CCN(CC)CCOc1ccc(C[C@@H](C)Cc2ccc(OC)cc2)cc1. The summed E-state index contributed by atoms with van der Waals surface area (Å²) in [5.74, 6) is 2.47. The largest absolute Gasteiger partial charge is 0.497 e. The second-order valence-electron chi connectivity index (χ2n) is 6.88. The lowest BCUT2D eigenvalue weighted by Gasteiger charge is -2.18. The first-order valence-corrected chi connectivity index (χ1v) is 9.71. The molecule has 26 heavy (non-hydrogen) atoms. The van der Waals surface area contributed by atoms with Crippen LogP contribution in [0, 0.1) is 5.92 Å². The molecule has 0 spiro atoms. The predicted octanol–water partition coefficient (Wildman–Crippen LogP) is 4.84. The van der Waals surface area contributed by atoms with Gasteiger partial charge in [-0.05, 0) is 67.2 Å². The summed E-state index contributed by atoms with van der Waals surface area (Å²) >= 11 is 0. The van der Waals surface area contributed by atoms with Gasteiger partial charge in [0.1, 0.15) is 18.1 Å². The molecule has 2 aromatic rings. The molecule has 142 valence electrons. The van der Waals surface area contributed by atoms with Gasteiger partial charge in [-0.15, -0.1) is 0 Å². The number of ether oxygens (including phenoxy) is 2. The molecule has 0 saturated heterocycles. The van der Waals surface area contributed by atoms with Gasteiger partial charge < -0.3 is 14.4 Å². The first-order chi connectivity index (χ1) is 12.6. The van der Waals surface area contributed by atoms with E-state index >= 15 is 0 Å². The molecule has 3 nitrogen and oxygen atoms in total. The molecule has 0 amide bonds. The van der Waals surface area contributed by atoms with Gasteiger partial charge in [-0.2, -0.15) is 0 Å². The molecule has 0 aliphatic heterocycles. The first kappa shape index (κ1) is 20.3. The van der Waals surface area contributed by atoms with E-state index in [2.05, 4.69) is 62.1 Å². The van der Waals surface area contributed by atoms with Crippen molar-refractivity contribution in [2.24, 2.45) is 5.92 Å². The highest BCUT2D eigenvalue weighted by Gasteiger charge is 2.06. The van der Waals surface area contributed by atoms with Gasteiger partial charge >= 0.3 is 0 Å². The van der Waals surface area contributed by atoms with E-state index in [4.69, 9.17) is 9.47 Å². The van der Waals surface area contributed by atoms with E-state index in [0.29, 0.717) is 5.92 Å². The Morgan fingerprint density at radius 3 is 1.77 bits per heavy atom. The average molecular weight is 356 g/mol. The smallest absolute Gasteiger partial charge is 0.119 e. The maximum Gasteiger partial charge on any atom is 0.119 e. The molecule has 2 rings (SSSR count). The van der Waals surface area contributed by atoms with Crippen LogP contribution >= 0.6 is 0 Å². The third-order valence-electron chi connectivity index (χ3n) is 4.82. The van der Waals surface area contributed by atoms with Gasteiger partial charge in [0.15, 0.2) is 0 Å². The Morgan fingerprint density at radius 1 is 0.808 bits per heavy atom. The molecule has 0 aliphatic carbocycles. The minimum atomic E-state index is 0.595. The van der Waals surface area contributed by atoms with Crippen LogP contribution in [0.1, 0.15) is 31.9 Å². The van der Waals surface area contributed by atoms with Crippen LogP contribution in [0.4, 0.5) is 0 Å². The normalized spacial score (nSPS) is 12.2. The summed E-state index contributed by atoms with van der Waals surface area (Å²) in [5, 5.41) is 0. The van der Waals surface area contributed by atoms with Crippen LogP contribution in [-0.2, 0) is 12.8 Å². The number of likely N-dealkylation sites (N-methyl/N-ethyl adjacent to an activating group) is 1. The summed E-state index contributed by atoms with van der Waals surface area (Å²) in [5.41, 5.74) is 2.72. The van der Waals surface area contributed by atoms with Crippen LogP contribution in [0.2, 0.25) is 0 Å². The number of benzene rings is 2. The highest BCUT2D eigenvalue weighted by atomic mass is 16.5. The molecule has 0 radical (unpaired) electrons. The van der Waals surface area contributed by atoms with Crippen molar-refractivity contribution >= 4 is 0 Å². The van der Waals surface area contributed by atoms with E-state index in [-0.39, 0.29) is 0 Å². The van der Waals surface area contributed by atoms with E-state index in [9.17, 15) is 0 Å². The summed E-state index contributed by atoms with van der Waals surface area (Å²) in [6, 6.07) is 17.0. The fraction of sp³-hybridized carbons (Fsp3) is 0.478. The fourth-order valence-corrected chi connectivity index (χ4v) is 3.19. The summed E-state index contributed by atoms with van der Waals surface area (Å²) in [6.07, 6.45) is 2.15. The summed E-state index contributed by atoms with van der Waals surface area (Å²) in [7, 11) is 1.70. The van der Waals surface area contributed by atoms with Crippen molar-refractivity contribution in [2.45, 2.75) is 33.6 Å². The third kappa shape index (κ3) is 6.72. The molecule has 0 saturated carbocycles. The van der Waals surface area contributed by atoms with E-state index in [1.807, 2.05) is 12.1 Å². The Morgan fingerprint density at radius 2 is 1.31 bits per heavy atom. The molecule has 0 unspecified atom stereocenters. The third-order valence-corrected chi connectivity index (χ3v) is 4.82. The lowest BCUT2D eigenvalue weighted by molar-refractivity contribution is 0.223. The molecule has 0 aromatic heterocycles. The van der Waals surface area contributed by atoms with Gasteiger partial charge in [-0.1, -0.05) is 45.0 Å². The lowest BCUT2D eigenvalue weighted by Crippen LogP contribution is -2.27. The zero-order valence-electron chi connectivity index (χ0n) is 16.7. The van der Waals surface area contributed by atoms with Gasteiger partial charge in [-0.3, -0.25) is 0 Å². The highest BCUT2D eigenvalue weighted by Crippen LogP contribution is 2.19. The molecule has 0 aliphatic rings. The van der Waals surface area contributed by atoms with Crippen molar-refractivity contribution in [3.63, 3.8) is 0 Å². The molecule has 0 heterocycles. The van der Waals surface area contributed by atoms with Crippen molar-refractivity contribution in [3.05, 3.63) is 59.7 Å². The van der Waals surface area contributed by atoms with Crippen LogP contribution in [0.25, 0.3) is 0 Å². The molecule has 0 fully saturated rings. The van der Waals surface area contributed by atoms with E-state index in [1.165, 1.54) is 11.1 Å². The van der Waals surface area contributed by atoms with Crippen molar-refractivity contribution in [3.8, 4) is 11.5 Å². The minimum absolute atomic E-state index is 0.595. The number of rotatable bonds is 11. The van der Waals surface area contributed by atoms with Crippen molar-refractivity contribution in [1.82, 2.24) is 4.90 Å². The Bertz CT molecular complexity index is 618. The van der Waals surface area contributed by atoms with Gasteiger partial charge in [-0.25, -0.2) is 0 Å². The maximum absolute atomic E-state index is 5.86.